The van der Waals surface area contributed by atoms with Gasteiger partial charge in [0.15, 0.2) is 0 Å². The van der Waals surface area contributed by atoms with Gasteiger partial charge in [-0.1, -0.05) is 6.07 Å². The molecule has 0 aromatic carbocycles. The van der Waals surface area contributed by atoms with Gasteiger partial charge >= 0.3 is 0 Å². The van der Waals surface area contributed by atoms with Crippen LogP contribution in [0.5, 0.6) is 0 Å². The summed E-state index contributed by atoms with van der Waals surface area (Å²) in [5.74, 6) is 1.06. The van der Waals surface area contributed by atoms with Crippen LogP contribution < -0.4 is 4.90 Å². The van der Waals surface area contributed by atoms with Crippen molar-refractivity contribution in [3.05, 3.63) is 48.4 Å². The van der Waals surface area contributed by atoms with Crippen molar-refractivity contribution in [2.24, 2.45) is 11.8 Å². The molecule has 0 spiro atoms. The molecule has 0 bridgehead atoms. The Balaban J connectivity index is 1.12. The van der Waals surface area contributed by atoms with E-state index in [-0.39, 0.29) is 17.7 Å². The molecule has 3 aliphatic rings. The minimum Gasteiger partial charge on any atom is -0.366 e. The predicted molar refractivity (Wildman–Crippen MR) is 152 cm³/mol. The van der Waals surface area contributed by atoms with Gasteiger partial charge in [-0.3, -0.25) is 9.78 Å². The van der Waals surface area contributed by atoms with E-state index in [1.165, 1.54) is 12.0 Å². The summed E-state index contributed by atoms with van der Waals surface area (Å²) in [5.41, 5.74) is 5.58. The molecule has 8 nitrogen and oxygen atoms in total. The van der Waals surface area contributed by atoms with Crippen molar-refractivity contribution in [2.75, 3.05) is 44.2 Å². The number of carbonyl (C=O) groups is 1. The fraction of sp³-hybridized carbons (Fsp3) is 0.548. The van der Waals surface area contributed by atoms with Crippen molar-refractivity contribution in [3.8, 4) is 17.3 Å². The zero-order valence-corrected chi connectivity index (χ0v) is 23.2. The number of pyridine rings is 1. The lowest BCUT2D eigenvalue weighted by Gasteiger charge is -2.38. The molecule has 1 aliphatic carbocycles. The highest BCUT2D eigenvalue weighted by atomic mass is 16.2. The summed E-state index contributed by atoms with van der Waals surface area (Å²) in [4.78, 5) is 24.9. The van der Waals surface area contributed by atoms with Crippen LogP contribution in [-0.4, -0.2) is 75.6 Å². The van der Waals surface area contributed by atoms with Gasteiger partial charge in [0, 0.05) is 74.8 Å². The Hall–Kier alpha value is -3.44. The van der Waals surface area contributed by atoms with Crippen LogP contribution in [0.1, 0.15) is 57.4 Å². The first-order chi connectivity index (χ1) is 19.0. The molecule has 2 saturated heterocycles. The first-order valence-corrected chi connectivity index (χ1v) is 14.6. The maximum Gasteiger partial charge on any atom is 0.225 e. The summed E-state index contributed by atoms with van der Waals surface area (Å²) >= 11 is 0. The number of hydrogen-bond donors (Lipinski definition) is 0. The van der Waals surface area contributed by atoms with Crippen LogP contribution in [0.4, 0.5) is 5.69 Å². The lowest BCUT2D eigenvalue weighted by molar-refractivity contribution is -0.137. The van der Waals surface area contributed by atoms with E-state index < -0.39 is 0 Å². The molecule has 1 atom stereocenters. The fourth-order valence-corrected chi connectivity index (χ4v) is 6.65. The van der Waals surface area contributed by atoms with Gasteiger partial charge in [0.2, 0.25) is 5.91 Å². The normalized spacial score (nSPS) is 24.4. The number of aromatic nitrogens is 3. The van der Waals surface area contributed by atoms with Crippen LogP contribution in [0.25, 0.3) is 16.8 Å². The second-order valence-corrected chi connectivity index (χ2v) is 11.8. The van der Waals surface area contributed by atoms with Gasteiger partial charge in [0.05, 0.1) is 23.0 Å². The van der Waals surface area contributed by atoms with Crippen LogP contribution in [0.3, 0.4) is 0 Å². The molecule has 0 radical (unpaired) electrons. The quantitative estimate of drug-likeness (QED) is 0.485. The highest BCUT2D eigenvalue weighted by Gasteiger charge is 2.31. The standard InChI is InChI=1S/C31H39N7O/c1-22(2)37-12-10-26(20-37)25-7-8-28(33-19-25)27-17-30-29(9-11-34-38(30)21-27)35-13-15-36(16-14-35)31(39)24-5-3-23(18-32)4-6-24/h7-9,11,17,19,21-24,26H,3-6,10,12-16,20H2,1-2H3/t23?,24?,26-/m0/s1. The van der Waals surface area contributed by atoms with Crippen LogP contribution >= 0.6 is 0 Å². The average Bonchev–Trinajstić information content (AvgIpc) is 3.65. The number of likely N-dealkylation sites (tertiary alicyclic amines) is 1. The molecule has 39 heavy (non-hydrogen) atoms. The molecule has 8 heteroatoms. The van der Waals surface area contributed by atoms with E-state index in [9.17, 15) is 4.79 Å². The topological polar surface area (TPSA) is 80.8 Å². The number of carbonyl (C=O) groups excluding carboxylic acids is 1. The first kappa shape index (κ1) is 25.8. The van der Waals surface area contributed by atoms with Crippen molar-refractivity contribution >= 4 is 17.1 Å². The second kappa shape index (κ2) is 11.0. The highest BCUT2D eigenvalue weighted by molar-refractivity contribution is 5.81. The number of fused-ring (bicyclic) bond motifs is 1. The Bertz CT molecular complexity index is 1340. The molecular formula is C31H39N7O. The molecule has 5 heterocycles. The lowest BCUT2D eigenvalue weighted by Crippen LogP contribution is -2.50. The van der Waals surface area contributed by atoms with E-state index in [4.69, 9.17) is 10.2 Å². The van der Waals surface area contributed by atoms with Crippen molar-refractivity contribution in [3.63, 3.8) is 0 Å². The fourth-order valence-electron chi connectivity index (χ4n) is 6.65. The van der Waals surface area contributed by atoms with Crippen LogP contribution in [-0.2, 0) is 4.79 Å². The smallest absolute Gasteiger partial charge is 0.225 e. The third kappa shape index (κ3) is 5.25. The van der Waals surface area contributed by atoms with E-state index >= 15 is 0 Å². The minimum absolute atomic E-state index is 0.0867. The van der Waals surface area contributed by atoms with Crippen LogP contribution in [0, 0.1) is 23.2 Å². The Kier molecular flexibility index (Phi) is 7.26. The summed E-state index contributed by atoms with van der Waals surface area (Å²) in [6.45, 7) is 9.90. The number of hydrogen-bond acceptors (Lipinski definition) is 6. The monoisotopic (exact) mass is 525 g/mol. The summed E-state index contributed by atoms with van der Waals surface area (Å²) in [7, 11) is 0. The van der Waals surface area contributed by atoms with Crippen molar-refractivity contribution in [1.29, 1.82) is 5.26 Å². The molecule has 3 fully saturated rings. The van der Waals surface area contributed by atoms with E-state index in [0.717, 1.165) is 87.4 Å². The predicted octanol–water partition coefficient (Wildman–Crippen LogP) is 4.57. The maximum atomic E-state index is 13.1. The molecule has 0 N–H and O–H groups in total. The van der Waals surface area contributed by atoms with Gasteiger partial charge in [-0.05, 0) is 82.2 Å². The third-order valence-corrected chi connectivity index (χ3v) is 9.18. The van der Waals surface area contributed by atoms with E-state index in [1.807, 2.05) is 15.6 Å². The maximum absolute atomic E-state index is 13.1. The van der Waals surface area contributed by atoms with Crippen molar-refractivity contribution < 1.29 is 4.79 Å². The Morgan fingerprint density at radius 2 is 1.82 bits per heavy atom. The molecule has 6 rings (SSSR count). The van der Waals surface area contributed by atoms with Gasteiger partial charge < -0.3 is 14.7 Å². The van der Waals surface area contributed by atoms with Crippen molar-refractivity contribution in [1.82, 2.24) is 24.4 Å². The molecule has 0 unspecified atom stereocenters. The lowest BCUT2D eigenvalue weighted by atomic mass is 9.82. The molecule has 3 aromatic rings. The second-order valence-electron chi connectivity index (χ2n) is 11.8. The van der Waals surface area contributed by atoms with Gasteiger partial charge in [-0.15, -0.1) is 0 Å². The molecule has 3 aromatic heterocycles. The summed E-state index contributed by atoms with van der Waals surface area (Å²) < 4.78 is 1.95. The van der Waals surface area contributed by atoms with Gasteiger partial charge in [0.25, 0.3) is 0 Å². The van der Waals surface area contributed by atoms with Gasteiger partial charge in [0.1, 0.15) is 0 Å². The Morgan fingerprint density at radius 3 is 2.49 bits per heavy atom. The number of rotatable bonds is 5. The van der Waals surface area contributed by atoms with Gasteiger partial charge in [-0.2, -0.15) is 10.4 Å². The number of anilines is 1. The van der Waals surface area contributed by atoms with E-state index in [2.05, 4.69) is 71.5 Å². The molecule has 1 amide bonds. The number of piperazine rings is 1. The number of nitrogens with zero attached hydrogens (tertiary/aromatic N) is 7. The number of amides is 1. The molecule has 1 saturated carbocycles. The molecule has 204 valence electrons. The summed E-state index contributed by atoms with van der Waals surface area (Å²) in [6, 6.07) is 11.6. The summed E-state index contributed by atoms with van der Waals surface area (Å²) in [5, 5.41) is 13.7. The van der Waals surface area contributed by atoms with Crippen LogP contribution in [0.15, 0.2) is 42.9 Å². The molecular weight excluding hydrogens is 486 g/mol. The Morgan fingerprint density at radius 1 is 1.03 bits per heavy atom. The summed E-state index contributed by atoms with van der Waals surface area (Å²) in [6.07, 6.45) is 10.6. The van der Waals surface area contributed by atoms with Crippen LogP contribution in [0.2, 0.25) is 0 Å². The first-order valence-electron chi connectivity index (χ1n) is 14.6. The minimum atomic E-state index is 0.0867. The van der Waals surface area contributed by atoms with E-state index in [0.29, 0.717) is 12.0 Å². The van der Waals surface area contributed by atoms with Crippen molar-refractivity contribution in [2.45, 2.75) is 57.9 Å². The molecule has 2 aliphatic heterocycles. The zero-order chi connectivity index (χ0) is 26.9. The average molecular weight is 526 g/mol. The third-order valence-electron chi connectivity index (χ3n) is 9.18. The highest BCUT2D eigenvalue weighted by Crippen LogP contribution is 2.32. The SMILES string of the molecule is CC(C)N1CC[C@H](c2ccc(-c3cc4c(N5CCN(C(=O)C6CCC(C#N)CC6)CC5)ccnn4c3)nc2)C1. The Labute approximate surface area is 231 Å². The largest absolute Gasteiger partial charge is 0.366 e. The van der Waals surface area contributed by atoms with Gasteiger partial charge in [-0.25, -0.2) is 4.52 Å². The zero-order valence-electron chi connectivity index (χ0n) is 23.2. The number of nitriles is 1. The van der Waals surface area contributed by atoms with E-state index in [1.54, 1.807) is 0 Å².